The molecule has 34 heavy (non-hydrogen) atoms. The molecule has 2 N–H and O–H groups in total. The minimum Gasteiger partial charge on any atom is -0.369 e. The van der Waals surface area contributed by atoms with Gasteiger partial charge in [-0.3, -0.25) is 0 Å². The van der Waals surface area contributed by atoms with Crippen LogP contribution in [0.25, 0.3) is 21.3 Å². The number of rotatable bonds is 5. The monoisotopic (exact) mass is 491 g/mol. The summed E-state index contributed by atoms with van der Waals surface area (Å²) in [7, 11) is -3.83. The van der Waals surface area contributed by atoms with Gasteiger partial charge in [-0.25, -0.2) is 22.4 Å². The van der Waals surface area contributed by atoms with Crippen LogP contribution in [0.5, 0.6) is 0 Å². The smallest absolute Gasteiger partial charge is 0.269 e. The standard InChI is InChI=1S/C23H21N7O2S2/c31-34(32,19-5-6-20-21(13-19)33-15-26-20)30-10-7-16-14-25-23(28-22(16)30)27-17-1-3-18(4-2-17)29-11-8-24-9-12-29/h1-7,10,13-15,24H,8-9,11-12H2,(H,25,27,28). The summed E-state index contributed by atoms with van der Waals surface area (Å²) in [6.07, 6.45) is 3.13. The topological polar surface area (TPSA) is 105 Å². The molecule has 1 aliphatic heterocycles. The zero-order chi connectivity index (χ0) is 23.1. The summed E-state index contributed by atoms with van der Waals surface area (Å²) in [5, 5.41) is 7.18. The highest BCUT2D eigenvalue weighted by atomic mass is 32.2. The highest BCUT2D eigenvalue weighted by Crippen LogP contribution is 2.26. The molecule has 3 aromatic heterocycles. The Morgan fingerprint density at radius 1 is 1.00 bits per heavy atom. The van der Waals surface area contributed by atoms with Crippen LogP contribution >= 0.6 is 11.3 Å². The molecule has 0 unspecified atom stereocenters. The number of thiazole rings is 1. The first kappa shape index (κ1) is 21.0. The zero-order valence-electron chi connectivity index (χ0n) is 18.0. The summed E-state index contributed by atoms with van der Waals surface area (Å²) in [5.41, 5.74) is 4.79. The van der Waals surface area contributed by atoms with Crippen LogP contribution < -0.4 is 15.5 Å². The SMILES string of the molecule is O=S(=O)(c1ccc2ncsc2c1)n1ccc2cnc(Nc3ccc(N4CCNCC4)cc3)nc21. The van der Waals surface area contributed by atoms with Crippen LogP contribution in [0.15, 0.2) is 71.3 Å². The van der Waals surface area contributed by atoms with Crippen LogP contribution in [0.2, 0.25) is 0 Å². The quantitative estimate of drug-likeness (QED) is 0.385. The molecule has 6 rings (SSSR count). The summed E-state index contributed by atoms with van der Waals surface area (Å²) >= 11 is 1.41. The van der Waals surface area contributed by atoms with Crippen molar-refractivity contribution in [2.24, 2.45) is 0 Å². The molecular weight excluding hydrogens is 470 g/mol. The second kappa shape index (κ2) is 8.35. The van der Waals surface area contributed by atoms with Crippen LogP contribution in [0.3, 0.4) is 0 Å². The van der Waals surface area contributed by atoms with Crippen molar-refractivity contribution in [2.45, 2.75) is 4.90 Å². The Morgan fingerprint density at radius 3 is 2.65 bits per heavy atom. The summed E-state index contributed by atoms with van der Waals surface area (Å²) in [4.78, 5) is 15.6. The fourth-order valence-electron chi connectivity index (χ4n) is 4.07. The Hall–Kier alpha value is -3.54. The largest absolute Gasteiger partial charge is 0.369 e. The minimum atomic E-state index is -3.83. The second-order valence-corrected chi connectivity index (χ2v) is 10.7. The molecule has 9 nitrogen and oxygen atoms in total. The van der Waals surface area contributed by atoms with Gasteiger partial charge in [0.1, 0.15) is 0 Å². The fraction of sp³-hybridized carbons (Fsp3) is 0.174. The lowest BCUT2D eigenvalue weighted by molar-refractivity contribution is 0.589. The molecule has 0 aliphatic carbocycles. The maximum absolute atomic E-state index is 13.4. The van der Waals surface area contributed by atoms with E-state index in [1.807, 2.05) is 12.1 Å². The van der Waals surface area contributed by atoms with E-state index in [2.05, 4.69) is 42.6 Å². The first-order chi connectivity index (χ1) is 16.6. The first-order valence-corrected chi connectivity index (χ1v) is 13.2. The van der Waals surface area contributed by atoms with Crippen molar-refractivity contribution in [1.82, 2.24) is 24.2 Å². The van der Waals surface area contributed by atoms with Gasteiger partial charge < -0.3 is 15.5 Å². The molecule has 0 saturated carbocycles. The third-order valence-electron chi connectivity index (χ3n) is 5.86. The van der Waals surface area contributed by atoms with Gasteiger partial charge in [0.15, 0.2) is 5.65 Å². The van der Waals surface area contributed by atoms with Crippen LogP contribution in [-0.4, -0.2) is 53.5 Å². The van der Waals surface area contributed by atoms with E-state index in [4.69, 9.17) is 0 Å². The maximum atomic E-state index is 13.4. The molecule has 4 heterocycles. The Labute approximate surface area is 200 Å². The van der Waals surface area contributed by atoms with Crippen LogP contribution in [0, 0.1) is 0 Å². The lowest BCUT2D eigenvalue weighted by atomic mass is 10.2. The number of aromatic nitrogens is 4. The van der Waals surface area contributed by atoms with Crippen LogP contribution in [0.4, 0.5) is 17.3 Å². The molecule has 0 atom stereocenters. The fourth-order valence-corrected chi connectivity index (χ4v) is 6.19. The number of hydrogen-bond donors (Lipinski definition) is 2. The van der Waals surface area contributed by atoms with Gasteiger partial charge in [0.05, 0.1) is 20.6 Å². The highest BCUT2D eigenvalue weighted by molar-refractivity contribution is 7.90. The van der Waals surface area contributed by atoms with E-state index in [0.29, 0.717) is 17.0 Å². The van der Waals surface area contributed by atoms with Crippen LogP contribution in [0.1, 0.15) is 0 Å². The van der Waals surface area contributed by atoms with Crippen LogP contribution in [-0.2, 0) is 10.0 Å². The van der Waals surface area contributed by atoms with Crippen molar-refractivity contribution in [3.8, 4) is 0 Å². The predicted molar refractivity (Wildman–Crippen MR) is 135 cm³/mol. The van der Waals surface area contributed by atoms with Crippen molar-refractivity contribution >= 4 is 59.9 Å². The van der Waals surface area contributed by atoms with Crippen molar-refractivity contribution in [3.05, 3.63) is 66.4 Å². The van der Waals surface area contributed by atoms with Crippen molar-refractivity contribution < 1.29 is 8.42 Å². The number of nitrogens with one attached hydrogen (secondary N) is 2. The van der Waals surface area contributed by atoms with E-state index in [1.54, 1.807) is 36.0 Å². The molecule has 172 valence electrons. The molecule has 0 radical (unpaired) electrons. The number of nitrogens with zero attached hydrogens (tertiary/aromatic N) is 5. The van der Waals surface area contributed by atoms with Gasteiger partial charge in [0, 0.05) is 55.3 Å². The molecule has 1 fully saturated rings. The Bertz CT molecular complexity index is 1590. The highest BCUT2D eigenvalue weighted by Gasteiger charge is 2.21. The van der Waals surface area contributed by atoms with Gasteiger partial charge in [-0.15, -0.1) is 11.3 Å². The average Bonchev–Trinajstić information content (AvgIpc) is 3.52. The van der Waals surface area contributed by atoms with E-state index < -0.39 is 10.0 Å². The van der Waals surface area contributed by atoms with Gasteiger partial charge in [-0.1, -0.05) is 0 Å². The van der Waals surface area contributed by atoms with Crippen molar-refractivity contribution in [2.75, 3.05) is 36.4 Å². The summed E-state index contributed by atoms with van der Waals surface area (Å²) in [6.45, 7) is 3.92. The molecule has 0 amide bonds. The second-order valence-electron chi connectivity index (χ2n) is 7.98. The number of piperazine rings is 1. The lowest BCUT2D eigenvalue weighted by Crippen LogP contribution is -2.43. The molecular formula is C23H21N7O2S2. The molecule has 11 heteroatoms. The van der Waals surface area contributed by atoms with Gasteiger partial charge in [0.2, 0.25) is 5.95 Å². The lowest BCUT2D eigenvalue weighted by Gasteiger charge is -2.29. The number of benzene rings is 2. The molecule has 0 spiro atoms. The van der Waals surface area contributed by atoms with Gasteiger partial charge in [-0.05, 0) is 48.5 Å². The Kier molecular flexibility index (Phi) is 5.16. The maximum Gasteiger partial charge on any atom is 0.269 e. The van der Waals surface area contributed by atoms with E-state index in [1.165, 1.54) is 27.2 Å². The number of anilines is 3. The third kappa shape index (κ3) is 3.77. The molecule has 0 bridgehead atoms. The predicted octanol–water partition coefficient (Wildman–Crippen LogP) is 3.43. The zero-order valence-corrected chi connectivity index (χ0v) is 19.7. The van der Waals surface area contributed by atoms with Gasteiger partial charge in [0.25, 0.3) is 10.0 Å². The van der Waals surface area contributed by atoms with Gasteiger partial charge in [-0.2, -0.15) is 4.98 Å². The summed E-state index contributed by atoms with van der Waals surface area (Å²) < 4.78 is 28.8. The molecule has 1 saturated heterocycles. The van der Waals surface area contributed by atoms with Gasteiger partial charge >= 0.3 is 0 Å². The number of fused-ring (bicyclic) bond motifs is 2. The van der Waals surface area contributed by atoms with Crippen molar-refractivity contribution in [1.29, 1.82) is 0 Å². The van der Waals surface area contributed by atoms with E-state index in [9.17, 15) is 8.42 Å². The van der Waals surface area contributed by atoms with E-state index in [0.717, 1.165) is 42.1 Å². The Balaban J connectivity index is 1.30. The van der Waals surface area contributed by atoms with E-state index >= 15 is 0 Å². The number of hydrogen-bond acceptors (Lipinski definition) is 9. The Morgan fingerprint density at radius 2 is 1.82 bits per heavy atom. The van der Waals surface area contributed by atoms with E-state index in [-0.39, 0.29) is 4.90 Å². The summed E-state index contributed by atoms with van der Waals surface area (Å²) in [6, 6.07) is 14.7. The molecule has 1 aliphatic rings. The molecule has 2 aromatic carbocycles. The average molecular weight is 492 g/mol. The molecule has 5 aromatic rings. The normalized spacial score (nSPS) is 14.6. The third-order valence-corrected chi connectivity index (χ3v) is 8.31. The first-order valence-electron chi connectivity index (χ1n) is 10.8. The summed E-state index contributed by atoms with van der Waals surface area (Å²) in [5.74, 6) is 0.329. The van der Waals surface area contributed by atoms with Crippen molar-refractivity contribution in [3.63, 3.8) is 0 Å². The minimum absolute atomic E-state index is 0.193.